The lowest BCUT2D eigenvalue weighted by Gasteiger charge is -1.94. The summed E-state index contributed by atoms with van der Waals surface area (Å²) in [7, 11) is -6.00. The first-order valence-electron chi connectivity index (χ1n) is 3.76. The molecule has 0 aliphatic rings. The van der Waals surface area contributed by atoms with Gasteiger partial charge in [0.15, 0.2) is 0 Å². The minimum atomic E-state index is -6.00. The summed E-state index contributed by atoms with van der Waals surface area (Å²) in [6.45, 7) is 3.24. The molecular weight excluding hydrogens is 187 g/mol. The number of hydrogen-bond acceptors (Lipinski definition) is 1. The van der Waals surface area contributed by atoms with Crippen LogP contribution in [0.5, 0.6) is 0 Å². The van der Waals surface area contributed by atoms with Gasteiger partial charge in [-0.15, -0.1) is 0 Å². The maximum Gasteiger partial charge on any atom is 0.673 e. The SMILES string of the molecule is CCCn1ccnc1.F[B-](F)(F)F. The van der Waals surface area contributed by atoms with E-state index in [0.717, 1.165) is 6.54 Å². The molecule has 1 rings (SSSR count). The molecule has 0 saturated heterocycles. The Morgan fingerprint density at radius 2 is 1.85 bits per heavy atom. The fourth-order valence-corrected chi connectivity index (χ4v) is 0.677. The first-order chi connectivity index (χ1) is 5.93. The van der Waals surface area contributed by atoms with Crippen LogP contribution in [-0.2, 0) is 6.54 Å². The third-order valence-electron chi connectivity index (χ3n) is 1.04. The van der Waals surface area contributed by atoms with E-state index in [9.17, 15) is 17.3 Å². The molecule has 0 bridgehead atoms. The van der Waals surface area contributed by atoms with E-state index in [4.69, 9.17) is 0 Å². The molecule has 0 aliphatic carbocycles. The number of rotatable bonds is 2. The largest absolute Gasteiger partial charge is 0.673 e. The molecule has 1 aromatic heterocycles. The van der Waals surface area contributed by atoms with Gasteiger partial charge in [0.1, 0.15) is 0 Å². The van der Waals surface area contributed by atoms with Crippen LogP contribution in [-0.4, -0.2) is 16.8 Å². The maximum absolute atomic E-state index is 9.75. The van der Waals surface area contributed by atoms with Crippen molar-refractivity contribution in [3.8, 4) is 0 Å². The average molecular weight is 197 g/mol. The number of aromatic nitrogens is 2. The van der Waals surface area contributed by atoms with Gasteiger partial charge in [-0.3, -0.25) is 0 Å². The summed E-state index contributed by atoms with van der Waals surface area (Å²) in [6, 6.07) is 0. The van der Waals surface area contributed by atoms with Gasteiger partial charge in [0, 0.05) is 18.9 Å². The molecule has 2 nitrogen and oxygen atoms in total. The smallest absolute Gasteiger partial charge is 0.418 e. The highest BCUT2D eigenvalue weighted by Gasteiger charge is 2.20. The second kappa shape index (κ2) is 5.61. The fourth-order valence-electron chi connectivity index (χ4n) is 0.677. The van der Waals surface area contributed by atoms with Crippen LogP contribution in [0.15, 0.2) is 18.7 Å². The van der Waals surface area contributed by atoms with E-state index < -0.39 is 7.25 Å². The van der Waals surface area contributed by atoms with Crippen molar-refractivity contribution in [2.24, 2.45) is 0 Å². The summed E-state index contributed by atoms with van der Waals surface area (Å²) < 4.78 is 41.1. The zero-order valence-corrected chi connectivity index (χ0v) is 7.13. The van der Waals surface area contributed by atoms with E-state index in [2.05, 4.69) is 16.5 Å². The molecule has 76 valence electrons. The standard InChI is InChI=1S/C6H10N2.BF4/c1-2-4-8-5-3-7-6-8;2-1(3,4)5/h3,5-6H,2,4H2,1H3;/q;-1. The number of nitrogens with zero attached hydrogens (tertiary/aromatic N) is 2. The molecule has 0 aromatic carbocycles. The van der Waals surface area contributed by atoms with Crippen LogP contribution < -0.4 is 0 Å². The van der Waals surface area contributed by atoms with Crippen LogP contribution in [0.2, 0.25) is 0 Å². The van der Waals surface area contributed by atoms with E-state index in [-0.39, 0.29) is 0 Å². The molecule has 7 heteroatoms. The van der Waals surface area contributed by atoms with Crippen molar-refractivity contribution >= 4 is 7.25 Å². The van der Waals surface area contributed by atoms with Crippen LogP contribution in [0.1, 0.15) is 13.3 Å². The molecule has 0 N–H and O–H groups in total. The van der Waals surface area contributed by atoms with Crippen LogP contribution in [0, 0.1) is 0 Å². The minimum Gasteiger partial charge on any atom is -0.418 e. The Morgan fingerprint density at radius 3 is 2.15 bits per heavy atom. The summed E-state index contributed by atoms with van der Waals surface area (Å²) in [4.78, 5) is 3.90. The van der Waals surface area contributed by atoms with Gasteiger partial charge in [-0.05, 0) is 6.42 Å². The zero-order valence-electron chi connectivity index (χ0n) is 7.13. The van der Waals surface area contributed by atoms with Gasteiger partial charge in [-0.2, -0.15) is 0 Å². The summed E-state index contributed by atoms with van der Waals surface area (Å²) in [6.07, 6.45) is 6.79. The van der Waals surface area contributed by atoms with Crippen LogP contribution in [0.3, 0.4) is 0 Å². The van der Waals surface area contributed by atoms with Gasteiger partial charge in [-0.1, -0.05) is 6.92 Å². The number of halogens is 4. The molecular formula is C6H10BF4N2-. The number of imidazole rings is 1. The molecule has 0 amide bonds. The number of hydrogen-bond donors (Lipinski definition) is 0. The highest BCUT2D eigenvalue weighted by molar-refractivity contribution is 6.50. The first-order valence-corrected chi connectivity index (χ1v) is 3.76. The van der Waals surface area contributed by atoms with Gasteiger partial charge in [0.25, 0.3) is 0 Å². The second-order valence-electron chi connectivity index (χ2n) is 2.30. The Labute approximate surface area is 73.7 Å². The zero-order chi connectivity index (χ0) is 10.3. The molecule has 0 spiro atoms. The van der Waals surface area contributed by atoms with Crippen molar-refractivity contribution < 1.29 is 17.3 Å². The van der Waals surface area contributed by atoms with Gasteiger partial charge in [0.05, 0.1) is 6.33 Å². The molecule has 0 fully saturated rings. The van der Waals surface area contributed by atoms with Crippen molar-refractivity contribution in [2.45, 2.75) is 19.9 Å². The lowest BCUT2D eigenvalue weighted by molar-refractivity contribution is 0.368. The molecule has 0 aliphatic heterocycles. The van der Waals surface area contributed by atoms with Crippen LogP contribution in [0.25, 0.3) is 0 Å². The van der Waals surface area contributed by atoms with Gasteiger partial charge in [0.2, 0.25) is 0 Å². The lowest BCUT2D eigenvalue weighted by Crippen LogP contribution is -2.02. The van der Waals surface area contributed by atoms with Crippen molar-refractivity contribution in [3.63, 3.8) is 0 Å². The molecule has 13 heavy (non-hydrogen) atoms. The molecule has 1 heterocycles. The second-order valence-corrected chi connectivity index (χ2v) is 2.30. The molecule has 0 saturated carbocycles. The third kappa shape index (κ3) is 11.0. The third-order valence-corrected chi connectivity index (χ3v) is 1.04. The van der Waals surface area contributed by atoms with Gasteiger partial charge in [-0.25, -0.2) is 4.98 Å². The lowest BCUT2D eigenvalue weighted by atomic mass is 10.3. The van der Waals surface area contributed by atoms with Crippen molar-refractivity contribution in [1.29, 1.82) is 0 Å². The van der Waals surface area contributed by atoms with Crippen LogP contribution >= 0.6 is 0 Å². The first kappa shape index (κ1) is 12.0. The van der Waals surface area contributed by atoms with E-state index in [1.54, 1.807) is 6.20 Å². The Kier molecular flexibility index (Phi) is 5.17. The normalized spacial score (nSPS) is 10.5. The maximum atomic E-state index is 9.75. The Bertz CT molecular complexity index is 203. The van der Waals surface area contributed by atoms with Gasteiger partial charge >= 0.3 is 7.25 Å². The van der Waals surface area contributed by atoms with Crippen molar-refractivity contribution in [3.05, 3.63) is 18.7 Å². The molecule has 0 atom stereocenters. The highest BCUT2D eigenvalue weighted by Crippen LogP contribution is 2.06. The summed E-state index contributed by atoms with van der Waals surface area (Å²) in [5.41, 5.74) is 0. The fraction of sp³-hybridized carbons (Fsp3) is 0.500. The summed E-state index contributed by atoms with van der Waals surface area (Å²) in [5, 5.41) is 0. The van der Waals surface area contributed by atoms with Gasteiger partial charge < -0.3 is 21.8 Å². The topological polar surface area (TPSA) is 17.8 Å². The number of aryl methyl sites for hydroxylation is 1. The van der Waals surface area contributed by atoms with E-state index in [1.165, 1.54) is 6.42 Å². The average Bonchev–Trinajstić information content (AvgIpc) is 2.36. The van der Waals surface area contributed by atoms with Crippen molar-refractivity contribution in [1.82, 2.24) is 9.55 Å². The van der Waals surface area contributed by atoms with E-state index >= 15 is 0 Å². The minimum absolute atomic E-state index is 1.08. The van der Waals surface area contributed by atoms with E-state index in [0.29, 0.717) is 0 Å². The summed E-state index contributed by atoms with van der Waals surface area (Å²) >= 11 is 0. The predicted molar refractivity (Wildman–Crippen MR) is 42.7 cm³/mol. The monoisotopic (exact) mass is 197 g/mol. The molecule has 0 unspecified atom stereocenters. The molecule has 0 radical (unpaired) electrons. The Balaban J connectivity index is 0.000000252. The summed E-state index contributed by atoms with van der Waals surface area (Å²) in [5.74, 6) is 0. The van der Waals surface area contributed by atoms with Crippen molar-refractivity contribution in [2.75, 3.05) is 0 Å². The van der Waals surface area contributed by atoms with E-state index in [1.807, 2.05) is 12.5 Å². The Hall–Kier alpha value is -1.01. The highest BCUT2D eigenvalue weighted by atomic mass is 19.5. The Morgan fingerprint density at radius 1 is 1.31 bits per heavy atom. The quantitative estimate of drug-likeness (QED) is 0.526. The van der Waals surface area contributed by atoms with Crippen LogP contribution in [0.4, 0.5) is 17.3 Å². The predicted octanol–water partition coefficient (Wildman–Crippen LogP) is 2.59. The molecule has 1 aromatic rings.